The van der Waals surface area contributed by atoms with Crippen LogP contribution in [0.15, 0.2) is 0 Å². The lowest BCUT2D eigenvalue weighted by atomic mass is 10.7. The Balaban J connectivity index is 3.47. The molecular formula is C4H13N2O4P. The fourth-order valence-electron chi connectivity index (χ4n) is 0.376. The SMILES string of the molecule is CCOP(=O)(O)ONCCN. The van der Waals surface area contributed by atoms with Crippen molar-refractivity contribution in [3.05, 3.63) is 0 Å². The molecule has 0 rings (SSSR count). The molecule has 1 atom stereocenters. The van der Waals surface area contributed by atoms with E-state index in [1.807, 2.05) is 0 Å². The molecule has 6 nitrogen and oxygen atoms in total. The van der Waals surface area contributed by atoms with Gasteiger partial charge in [0.25, 0.3) is 0 Å². The van der Waals surface area contributed by atoms with E-state index in [4.69, 9.17) is 10.6 Å². The van der Waals surface area contributed by atoms with Gasteiger partial charge >= 0.3 is 7.82 Å². The predicted octanol–water partition coefficient (Wildman–Crippen LogP) is -0.397. The third kappa shape index (κ3) is 6.43. The van der Waals surface area contributed by atoms with Gasteiger partial charge in [0.2, 0.25) is 0 Å². The van der Waals surface area contributed by atoms with Gasteiger partial charge < -0.3 is 10.6 Å². The summed E-state index contributed by atoms with van der Waals surface area (Å²) in [4.78, 5) is 8.75. The summed E-state index contributed by atoms with van der Waals surface area (Å²) in [5.41, 5.74) is 7.27. The molecule has 0 radical (unpaired) electrons. The maximum absolute atomic E-state index is 10.7. The van der Waals surface area contributed by atoms with Gasteiger partial charge in [-0.05, 0) is 6.92 Å². The van der Waals surface area contributed by atoms with E-state index in [9.17, 15) is 4.57 Å². The number of rotatable bonds is 6. The summed E-state index contributed by atoms with van der Waals surface area (Å²) in [6.07, 6.45) is 0. The fourth-order valence-corrected chi connectivity index (χ4v) is 1.01. The molecule has 0 saturated heterocycles. The Hall–Kier alpha value is 0.0300. The van der Waals surface area contributed by atoms with Gasteiger partial charge in [-0.25, -0.2) is 4.57 Å². The predicted molar refractivity (Wildman–Crippen MR) is 39.6 cm³/mol. The highest BCUT2D eigenvalue weighted by molar-refractivity contribution is 7.47. The molecule has 11 heavy (non-hydrogen) atoms. The van der Waals surface area contributed by atoms with E-state index in [1.165, 1.54) is 0 Å². The van der Waals surface area contributed by atoms with Crippen molar-refractivity contribution in [1.82, 2.24) is 5.48 Å². The van der Waals surface area contributed by atoms with Crippen LogP contribution in [0, 0.1) is 0 Å². The van der Waals surface area contributed by atoms with Gasteiger partial charge in [0, 0.05) is 13.1 Å². The van der Waals surface area contributed by atoms with Gasteiger partial charge in [-0.1, -0.05) is 0 Å². The topological polar surface area (TPSA) is 93.8 Å². The van der Waals surface area contributed by atoms with Crippen LogP contribution >= 0.6 is 7.82 Å². The molecule has 0 heterocycles. The van der Waals surface area contributed by atoms with Crippen LogP contribution in [0.3, 0.4) is 0 Å². The molecule has 0 bridgehead atoms. The summed E-state index contributed by atoms with van der Waals surface area (Å²) in [5, 5.41) is 0. The standard InChI is InChI=1S/C4H13N2O4P/c1-2-9-11(7,8)10-6-4-3-5/h6H,2-5H2,1H3,(H,7,8). The maximum atomic E-state index is 10.7. The van der Waals surface area contributed by atoms with Crippen LogP contribution in [0.5, 0.6) is 0 Å². The monoisotopic (exact) mass is 184 g/mol. The molecule has 0 spiro atoms. The van der Waals surface area contributed by atoms with E-state index in [0.717, 1.165) is 0 Å². The van der Waals surface area contributed by atoms with E-state index in [2.05, 4.69) is 14.6 Å². The lowest BCUT2D eigenvalue weighted by Crippen LogP contribution is -2.22. The Morgan fingerprint density at radius 1 is 1.73 bits per heavy atom. The highest BCUT2D eigenvalue weighted by Gasteiger charge is 2.19. The maximum Gasteiger partial charge on any atom is 0.488 e. The molecule has 0 saturated carbocycles. The average molecular weight is 184 g/mol. The Morgan fingerprint density at radius 2 is 2.36 bits per heavy atom. The van der Waals surface area contributed by atoms with Gasteiger partial charge in [-0.2, -0.15) is 10.1 Å². The van der Waals surface area contributed by atoms with E-state index >= 15 is 0 Å². The number of hydroxylamine groups is 1. The third-order valence-electron chi connectivity index (χ3n) is 0.719. The zero-order valence-corrected chi connectivity index (χ0v) is 7.21. The lowest BCUT2D eigenvalue weighted by molar-refractivity contribution is 0.102. The molecule has 0 aliphatic rings. The molecule has 0 aromatic rings. The fraction of sp³-hybridized carbons (Fsp3) is 1.00. The van der Waals surface area contributed by atoms with Gasteiger partial charge in [0.15, 0.2) is 0 Å². The minimum absolute atomic E-state index is 0.123. The van der Waals surface area contributed by atoms with Gasteiger partial charge in [0.1, 0.15) is 0 Å². The molecule has 68 valence electrons. The first-order valence-corrected chi connectivity index (χ1v) is 4.70. The van der Waals surface area contributed by atoms with Crippen LogP contribution < -0.4 is 11.2 Å². The molecule has 1 unspecified atom stereocenters. The van der Waals surface area contributed by atoms with Gasteiger partial charge in [0.05, 0.1) is 6.61 Å². The number of nitrogens with one attached hydrogen (secondary N) is 1. The van der Waals surface area contributed by atoms with E-state index in [0.29, 0.717) is 13.1 Å². The largest absolute Gasteiger partial charge is 0.488 e. The Morgan fingerprint density at radius 3 is 2.82 bits per heavy atom. The zero-order valence-electron chi connectivity index (χ0n) is 6.32. The van der Waals surface area contributed by atoms with Gasteiger partial charge in [-0.3, -0.25) is 4.52 Å². The minimum Gasteiger partial charge on any atom is -0.329 e. The van der Waals surface area contributed by atoms with Crippen molar-refractivity contribution < 1.29 is 18.6 Å². The smallest absolute Gasteiger partial charge is 0.329 e. The van der Waals surface area contributed by atoms with Crippen molar-refractivity contribution in [2.45, 2.75) is 6.92 Å². The van der Waals surface area contributed by atoms with Crippen LogP contribution in [0.4, 0.5) is 0 Å². The highest BCUT2D eigenvalue weighted by atomic mass is 31.2. The van der Waals surface area contributed by atoms with Crippen LogP contribution in [0.2, 0.25) is 0 Å². The molecular weight excluding hydrogens is 171 g/mol. The number of phosphoric acid groups is 1. The second-order valence-corrected chi connectivity index (χ2v) is 3.04. The Bertz CT molecular complexity index is 142. The van der Waals surface area contributed by atoms with Crippen molar-refractivity contribution in [3.8, 4) is 0 Å². The number of hydrogen-bond donors (Lipinski definition) is 3. The minimum atomic E-state index is -3.89. The van der Waals surface area contributed by atoms with E-state index < -0.39 is 7.82 Å². The zero-order chi connectivity index (χ0) is 8.74. The third-order valence-corrected chi connectivity index (χ3v) is 1.66. The quantitative estimate of drug-likeness (QED) is 0.295. The Labute approximate surface area is 65.2 Å². The van der Waals surface area contributed by atoms with Crippen LogP contribution in [0.25, 0.3) is 0 Å². The first-order valence-electron chi connectivity index (χ1n) is 3.21. The van der Waals surface area contributed by atoms with Crippen LogP contribution in [-0.2, 0) is 13.7 Å². The molecule has 0 aliphatic carbocycles. The molecule has 0 fully saturated rings. The van der Waals surface area contributed by atoms with Crippen molar-refractivity contribution >= 4 is 7.82 Å². The second kappa shape index (κ2) is 5.65. The molecule has 4 N–H and O–H groups in total. The van der Waals surface area contributed by atoms with Crippen LogP contribution in [-0.4, -0.2) is 24.6 Å². The molecule has 0 aromatic heterocycles. The summed E-state index contributed by atoms with van der Waals surface area (Å²) < 4.78 is 19.3. The molecule has 7 heteroatoms. The summed E-state index contributed by atoms with van der Waals surface area (Å²) in [6, 6.07) is 0. The number of nitrogens with two attached hydrogens (primary N) is 1. The normalized spacial score (nSPS) is 16.3. The van der Waals surface area contributed by atoms with Crippen molar-refractivity contribution in [2.24, 2.45) is 5.73 Å². The molecule has 0 aliphatic heterocycles. The average Bonchev–Trinajstić information content (AvgIpc) is 1.87. The molecule has 0 aromatic carbocycles. The summed E-state index contributed by atoms with van der Waals surface area (Å²) in [5.74, 6) is 0. The number of hydrogen-bond acceptors (Lipinski definition) is 5. The van der Waals surface area contributed by atoms with E-state index in [-0.39, 0.29) is 6.61 Å². The second-order valence-electron chi connectivity index (χ2n) is 1.66. The van der Waals surface area contributed by atoms with Crippen molar-refractivity contribution in [2.75, 3.05) is 19.7 Å². The highest BCUT2D eigenvalue weighted by Crippen LogP contribution is 2.41. The summed E-state index contributed by atoms with van der Waals surface area (Å²) in [6.45, 7) is 2.34. The Kier molecular flexibility index (Phi) is 5.67. The first kappa shape index (κ1) is 11.0. The summed E-state index contributed by atoms with van der Waals surface area (Å²) in [7, 11) is -3.89. The first-order chi connectivity index (χ1) is 5.12. The molecule has 0 amide bonds. The number of phosphoric ester groups is 1. The van der Waals surface area contributed by atoms with Crippen LogP contribution in [0.1, 0.15) is 6.92 Å². The summed E-state index contributed by atoms with van der Waals surface area (Å²) >= 11 is 0. The van der Waals surface area contributed by atoms with Crippen molar-refractivity contribution in [3.63, 3.8) is 0 Å². The van der Waals surface area contributed by atoms with E-state index in [1.54, 1.807) is 6.92 Å². The van der Waals surface area contributed by atoms with Gasteiger partial charge in [-0.15, -0.1) is 0 Å². The lowest BCUT2D eigenvalue weighted by Gasteiger charge is -2.09. The van der Waals surface area contributed by atoms with Crippen molar-refractivity contribution in [1.29, 1.82) is 0 Å².